The average Bonchev–Trinajstić information content (AvgIpc) is 2.77. The third-order valence-corrected chi connectivity index (χ3v) is 3.23. The van der Waals surface area contributed by atoms with E-state index >= 15 is 0 Å². The van der Waals surface area contributed by atoms with Crippen LogP contribution in [-0.4, -0.2) is 44.0 Å². The second-order valence-electron chi connectivity index (χ2n) is 4.85. The number of halogens is 2. The van der Waals surface area contributed by atoms with Gasteiger partial charge in [-0.15, -0.1) is 0 Å². The van der Waals surface area contributed by atoms with Crippen molar-refractivity contribution in [1.82, 2.24) is 10.6 Å². The summed E-state index contributed by atoms with van der Waals surface area (Å²) < 4.78 is 31.3. The van der Waals surface area contributed by atoms with Crippen LogP contribution in [0.3, 0.4) is 0 Å². The molecule has 1 aliphatic heterocycles. The summed E-state index contributed by atoms with van der Waals surface area (Å²) in [6.45, 7) is -0.854. The molecule has 1 aliphatic rings. The number of ether oxygens (including phenoxy) is 1. The van der Waals surface area contributed by atoms with Crippen molar-refractivity contribution in [3.8, 4) is 0 Å². The number of carbonyl (C=O) groups is 2. The van der Waals surface area contributed by atoms with Gasteiger partial charge in [0.1, 0.15) is 12.6 Å². The number of carbonyl (C=O) groups excluding carboxylic acids is 2. The van der Waals surface area contributed by atoms with E-state index in [1.165, 1.54) is 7.05 Å². The van der Waals surface area contributed by atoms with Gasteiger partial charge < -0.3 is 15.4 Å². The van der Waals surface area contributed by atoms with Crippen molar-refractivity contribution in [3.05, 3.63) is 35.4 Å². The Kier molecular flexibility index (Phi) is 4.52. The summed E-state index contributed by atoms with van der Waals surface area (Å²) in [5.74, 6) is -3.76. The molecule has 0 radical (unpaired) electrons. The largest absolute Gasteiger partial charge is 0.373 e. The lowest BCUT2D eigenvalue weighted by Gasteiger charge is -2.18. The molecule has 1 unspecified atom stereocenters. The van der Waals surface area contributed by atoms with Gasteiger partial charge in [-0.1, -0.05) is 12.1 Å². The topological polar surface area (TPSA) is 67.4 Å². The summed E-state index contributed by atoms with van der Waals surface area (Å²) in [5.41, 5.74) is 1.11. The molecule has 1 fully saturated rings. The molecule has 0 aromatic heterocycles. The first-order valence-electron chi connectivity index (χ1n) is 6.48. The highest BCUT2D eigenvalue weighted by molar-refractivity contribution is 5.94. The van der Waals surface area contributed by atoms with Crippen LogP contribution in [-0.2, 0) is 16.0 Å². The SMILES string of the molecule is CNC(=O)c1ccc(CC(=O)NC2COCC2(F)F)cc1. The summed E-state index contributed by atoms with van der Waals surface area (Å²) in [6.07, 6.45) is -0.0272. The lowest BCUT2D eigenvalue weighted by atomic mass is 10.1. The lowest BCUT2D eigenvalue weighted by molar-refractivity contribution is -0.123. The Morgan fingerprint density at radius 2 is 2.00 bits per heavy atom. The number of alkyl halides is 2. The van der Waals surface area contributed by atoms with Crippen LogP contribution in [0.25, 0.3) is 0 Å². The lowest BCUT2D eigenvalue weighted by Crippen LogP contribution is -2.47. The van der Waals surface area contributed by atoms with E-state index in [1.54, 1.807) is 24.3 Å². The van der Waals surface area contributed by atoms with Crippen molar-refractivity contribution in [2.45, 2.75) is 18.4 Å². The molecule has 21 heavy (non-hydrogen) atoms. The molecule has 114 valence electrons. The quantitative estimate of drug-likeness (QED) is 0.861. The van der Waals surface area contributed by atoms with Gasteiger partial charge in [-0.2, -0.15) is 0 Å². The molecule has 1 atom stereocenters. The first-order chi connectivity index (χ1) is 9.92. The van der Waals surface area contributed by atoms with Gasteiger partial charge in [-0.3, -0.25) is 9.59 Å². The van der Waals surface area contributed by atoms with Gasteiger partial charge >= 0.3 is 0 Å². The van der Waals surface area contributed by atoms with Gasteiger partial charge in [0.25, 0.3) is 11.8 Å². The fourth-order valence-electron chi connectivity index (χ4n) is 2.03. The van der Waals surface area contributed by atoms with Crippen LogP contribution >= 0.6 is 0 Å². The maximum atomic E-state index is 13.3. The fraction of sp³-hybridized carbons (Fsp3) is 0.429. The number of hydrogen-bond acceptors (Lipinski definition) is 3. The first-order valence-corrected chi connectivity index (χ1v) is 6.48. The van der Waals surface area contributed by atoms with Crippen LogP contribution < -0.4 is 10.6 Å². The predicted octanol–water partition coefficient (Wildman–Crippen LogP) is 0.739. The van der Waals surface area contributed by atoms with E-state index in [1.807, 2.05) is 0 Å². The van der Waals surface area contributed by atoms with E-state index in [0.717, 1.165) is 0 Å². The number of nitrogens with one attached hydrogen (secondary N) is 2. The fourth-order valence-corrected chi connectivity index (χ4v) is 2.03. The van der Waals surface area contributed by atoms with Crippen molar-refractivity contribution in [3.63, 3.8) is 0 Å². The van der Waals surface area contributed by atoms with Crippen LogP contribution in [0.4, 0.5) is 8.78 Å². The predicted molar refractivity (Wildman–Crippen MR) is 71.2 cm³/mol. The molecule has 2 N–H and O–H groups in total. The molecule has 0 saturated carbocycles. The van der Waals surface area contributed by atoms with E-state index in [2.05, 4.69) is 15.4 Å². The zero-order valence-corrected chi connectivity index (χ0v) is 11.5. The number of rotatable bonds is 4. The zero-order chi connectivity index (χ0) is 15.5. The second kappa shape index (κ2) is 6.17. The number of amides is 2. The summed E-state index contributed by atoms with van der Waals surface area (Å²) in [7, 11) is 1.52. The molecule has 2 rings (SSSR count). The Morgan fingerprint density at radius 1 is 1.33 bits per heavy atom. The highest BCUT2D eigenvalue weighted by Gasteiger charge is 2.45. The first kappa shape index (κ1) is 15.4. The maximum Gasteiger partial charge on any atom is 0.292 e. The van der Waals surface area contributed by atoms with Crippen LogP contribution in [0, 0.1) is 0 Å². The molecule has 0 spiro atoms. The highest BCUT2D eigenvalue weighted by atomic mass is 19.3. The molecule has 0 aliphatic carbocycles. The van der Waals surface area contributed by atoms with E-state index in [9.17, 15) is 18.4 Å². The molecule has 1 aromatic rings. The van der Waals surface area contributed by atoms with E-state index in [4.69, 9.17) is 0 Å². The van der Waals surface area contributed by atoms with Crippen LogP contribution in [0.5, 0.6) is 0 Å². The molecule has 5 nitrogen and oxygen atoms in total. The van der Waals surface area contributed by atoms with E-state index in [-0.39, 0.29) is 18.9 Å². The molecule has 0 bridgehead atoms. The van der Waals surface area contributed by atoms with Crippen molar-refractivity contribution in [1.29, 1.82) is 0 Å². The Labute approximate surface area is 120 Å². The third-order valence-electron chi connectivity index (χ3n) is 3.23. The van der Waals surface area contributed by atoms with E-state index < -0.39 is 24.5 Å². The van der Waals surface area contributed by atoms with Crippen LogP contribution in [0.1, 0.15) is 15.9 Å². The monoisotopic (exact) mass is 298 g/mol. The highest BCUT2D eigenvalue weighted by Crippen LogP contribution is 2.25. The van der Waals surface area contributed by atoms with Gasteiger partial charge in [0.15, 0.2) is 0 Å². The van der Waals surface area contributed by atoms with Crippen molar-refractivity contribution >= 4 is 11.8 Å². The smallest absolute Gasteiger partial charge is 0.292 e. The standard InChI is InChI=1S/C14H16F2N2O3/c1-17-13(20)10-4-2-9(3-5-10)6-12(19)18-11-7-21-8-14(11,15)16/h2-5,11H,6-8H2,1H3,(H,17,20)(H,18,19). The van der Waals surface area contributed by atoms with Gasteiger partial charge in [-0.05, 0) is 17.7 Å². The van der Waals surface area contributed by atoms with Gasteiger partial charge in [0.05, 0.1) is 13.0 Å². The van der Waals surface area contributed by atoms with Gasteiger partial charge in [0, 0.05) is 12.6 Å². The minimum absolute atomic E-state index is 0.0272. The average molecular weight is 298 g/mol. The summed E-state index contributed by atoms with van der Waals surface area (Å²) in [4.78, 5) is 23.1. The van der Waals surface area contributed by atoms with Gasteiger partial charge in [-0.25, -0.2) is 8.78 Å². The molecular formula is C14H16F2N2O3. The Balaban J connectivity index is 1.92. The zero-order valence-electron chi connectivity index (χ0n) is 11.5. The number of benzene rings is 1. The van der Waals surface area contributed by atoms with Crippen LogP contribution in [0.15, 0.2) is 24.3 Å². The van der Waals surface area contributed by atoms with Crippen LogP contribution in [0.2, 0.25) is 0 Å². The Hall–Kier alpha value is -2.02. The molecule has 2 amide bonds. The molecule has 1 saturated heterocycles. The number of hydrogen-bond donors (Lipinski definition) is 2. The molecular weight excluding hydrogens is 282 g/mol. The second-order valence-corrected chi connectivity index (χ2v) is 4.85. The molecule has 7 heteroatoms. The normalized spacial score (nSPS) is 20.0. The summed E-state index contributed by atoms with van der Waals surface area (Å²) in [5, 5.41) is 4.76. The maximum absolute atomic E-state index is 13.3. The molecule has 1 heterocycles. The molecule has 1 aromatic carbocycles. The van der Waals surface area contributed by atoms with Gasteiger partial charge in [0.2, 0.25) is 5.91 Å². The van der Waals surface area contributed by atoms with E-state index in [0.29, 0.717) is 11.1 Å². The minimum atomic E-state index is -3.03. The Morgan fingerprint density at radius 3 is 2.52 bits per heavy atom. The van der Waals surface area contributed by atoms with Crippen molar-refractivity contribution in [2.24, 2.45) is 0 Å². The summed E-state index contributed by atoms with van der Waals surface area (Å²) in [6, 6.07) is 5.11. The third kappa shape index (κ3) is 3.75. The summed E-state index contributed by atoms with van der Waals surface area (Å²) >= 11 is 0. The van der Waals surface area contributed by atoms with Crippen molar-refractivity contribution in [2.75, 3.05) is 20.3 Å². The Bertz CT molecular complexity index is 532. The van der Waals surface area contributed by atoms with Crippen molar-refractivity contribution < 1.29 is 23.1 Å². The minimum Gasteiger partial charge on any atom is -0.373 e.